The predicted molar refractivity (Wildman–Crippen MR) is 109 cm³/mol. The van der Waals surface area contributed by atoms with Crippen molar-refractivity contribution in [1.29, 1.82) is 0 Å². The number of carbonyl (C=O) groups is 3. The molecular formula is C22H32N2O5. The van der Waals surface area contributed by atoms with E-state index in [1.54, 1.807) is 6.07 Å². The number of epoxide rings is 1. The normalized spacial score (nSPS) is 19.1. The minimum Gasteiger partial charge on any atom is -0.393 e. The standard InChI is InChI=1S/C22H32N2O5/c1-14(2)8-16-6-5-7-17(10-16)21(28)23-11-19(26)24-18(9-15(3)4)20(27)22(12-25)13-29-22/h5-7,10,14-15,18,25H,8-9,11-13H2,1-4H3,(H,23,28)(H,24,26)/t18?,22-/m1/s1. The number of ketones is 1. The average molecular weight is 405 g/mol. The summed E-state index contributed by atoms with van der Waals surface area (Å²) in [7, 11) is 0. The molecular weight excluding hydrogens is 372 g/mol. The lowest BCUT2D eigenvalue weighted by atomic mass is 9.93. The van der Waals surface area contributed by atoms with Crippen LogP contribution in [0.2, 0.25) is 0 Å². The number of benzene rings is 1. The van der Waals surface area contributed by atoms with Crippen LogP contribution < -0.4 is 10.6 Å². The Balaban J connectivity index is 1.93. The van der Waals surface area contributed by atoms with Crippen LogP contribution in [0.25, 0.3) is 0 Å². The van der Waals surface area contributed by atoms with Crippen molar-refractivity contribution in [2.45, 2.75) is 52.2 Å². The van der Waals surface area contributed by atoms with E-state index in [-0.39, 0.29) is 30.8 Å². The lowest BCUT2D eigenvalue weighted by Gasteiger charge is -2.22. The van der Waals surface area contributed by atoms with Gasteiger partial charge in [-0.05, 0) is 42.4 Å². The Labute approximate surface area is 172 Å². The largest absolute Gasteiger partial charge is 0.393 e. The molecule has 1 aliphatic heterocycles. The molecule has 160 valence electrons. The van der Waals surface area contributed by atoms with Gasteiger partial charge >= 0.3 is 0 Å². The van der Waals surface area contributed by atoms with Crippen LogP contribution in [0.3, 0.4) is 0 Å². The van der Waals surface area contributed by atoms with Crippen LogP contribution >= 0.6 is 0 Å². The summed E-state index contributed by atoms with van der Waals surface area (Å²) in [6.45, 7) is 7.63. The van der Waals surface area contributed by atoms with Crippen LogP contribution in [0, 0.1) is 11.8 Å². The molecule has 2 atom stereocenters. The molecule has 2 amide bonds. The summed E-state index contributed by atoms with van der Waals surface area (Å²) in [4.78, 5) is 37.4. The van der Waals surface area contributed by atoms with E-state index in [1.807, 2.05) is 32.0 Å². The van der Waals surface area contributed by atoms with E-state index in [0.717, 1.165) is 12.0 Å². The maximum absolute atomic E-state index is 12.6. The molecule has 1 unspecified atom stereocenters. The second kappa shape index (κ2) is 9.98. The summed E-state index contributed by atoms with van der Waals surface area (Å²) >= 11 is 0. The van der Waals surface area contributed by atoms with Crippen molar-refractivity contribution in [3.05, 3.63) is 35.4 Å². The van der Waals surface area contributed by atoms with Gasteiger partial charge in [0.15, 0.2) is 11.4 Å². The third-order valence-electron chi connectivity index (χ3n) is 4.80. The van der Waals surface area contributed by atoms with E-state index in [1.165, 1.54) is 0 Å². The van der Waals surface area contributed by atoms with Crippen molar-refractivity contribution in [2.24, 2.45) is 11.8 Å². The molecule has 0 saturated carbocycles. The Morgan fingerprint density at radius 3 is 2.41 bits per heavy atom. The SMILES string of the molecule is CC(C)Cc1cccc(C(=O)NCC(=O)NC(CC(C)C)C(=O)[C@@]2(CO)CO2)c1. The quantitative estimate of drug-likeness (QED) is 0.484. The van der Waals surface area contributed by atoms with Gasteiger partial charge in [-0.2, -0.15) is 0 Å². The maximum Gasteiger partial charge on any atom is 0.251 e. The molecule has 7 nitrogen and oxygen atoms in total. The number of rotatable bonds is 11. The minimum absolute atomic E-state index is 0.163. The number of nitrogens with one attached hydrogen (secondary N) is 2. The molecule has 29 heavy (non-hydrogen) atoms. The number of amides is 2. The molecule has 1 aliphatic rings. The second-order valence-electron chi connectivity index (χ2n) is 8.54. The Kier molecular flexibility index (Phi) is 7.93. The molecule has 3 N–H and O–H groups in total. The number of Topliss-reactive ketones (excluding diaryl/α,β-unsaturated/α-hetero) is 1. The van der Waals surface area contributed by atoms with Crippen molar-refractivity contribution >= 4 is 17.6 Å². The summed E-state index contributed by atoms with van der Waals surface area (Å²) in [6, 6.07) is 6.57. The summed E-state index contributed by atoms with van der Waals surface area (Å²) < 4.78 is 5.13. The highest BCUT2D eigenvalue weighted by Gasteiger charge is 2.54. The fraction of sp³-hybridized carbons (Fsp3) is 0.591. The summed E-state index contributed by atoms with van der Waals surface area (Å²) in [6.07, 6.45) is 1.30. The maximum atomic E-state index is 12.6. The van der Waals surface area contributed by atoms with Gasteiger partial charge in [-0.15, -0.1) is 0 Å². The van der Waals surface area contributed by atoms with E-state index in [0.29, 0.717) is 17.9 Å². The second-order valence-corrected chi connectivity index (χ2v) is 8.54. The van der Waals surface area contributed by atoms with E-state index >= 15 is 0 Å². The highest BCUT2D eigenvalue weighted by Crippen LogP contribution is 2.29. The Morgan fingerprint density at radius 1 is 1.17 bits per heavy atom. The summed E-state index contributed by atoms with van der Waals surface area (Å²) in [5.41, 5.74) is 0.377. The van der Waals surface area contributed by atoms with Crippen molar-refractivity contribution in [3.8, 4) is 0 Å². The number of hydrogen-bond donors (Lipinski definition) is 3. The van der Waals surface area contributed by atoms with Gasteiger partial charge in [0.05, 0.1) is 25.8 Å². The first-order chi connectivity index (χ1) is 13.7. The lowest BCUT2D eigenvalue weighted by molar-refractivity contribution is -0.131. The topological polar surface area (TPSA) is 108 Å². The number of aliphatic hydroxyl groups excluding tert-OH is 1. The zero-order chi connectivity index (χ0) is 21.6. The number of hydrogen-bond acceptors (Lipinski definition) is 5. The fourth-order valence-electron chi connectivity index (χ4n) is 3.24. The molecule has 7 heteroatoms. The fourth-order valence-corrected chi connectivity index (χ4v) is 3.24. The molecule has 1 saturated heterocycles. The molecule has 0 aromatic heterocycles. The molecule has 1 aromatic rings. The van der Waals surface area contributed by atoms with Crippen molar-refractivity contribution in [3.63, 3.8) is 0 Å². The number of ether oxygens (including phenoxy) is 1. The van der Waals surface area contributed by atoms with Crippen molar-refractivity contribution in [1.82, 2.24) is 10.6 Å². The monoisotopic (exact) mass is 404 g/mol. The first-order valence-electron chi connectivity index (χ1n) is 10.1. The van der Waals surface area contributed by atoms with Gasteiger partial charge in [0, 0.05) is 5.56 Å². The zero-order valence-corrected chi connectivity index (χ0v) is 17.7. The summed E-state index contributed by atoms with van der Waals surface area (Å²) in [5.74, 6) is -0.474. The molecule has 0 bridgehead atoms. The van der Waals surface area contributed by atoms with Crippen LogP contribution in [-0.4, -0.2) is 54.1 Å². The first kappa shape index (κ1) is 23.0. The van der Waals surface area contributed by atoms with E-state index < -0.39 is 24.2 Å². The summed E-state index contributed by atoms with van der Waals surface area (Å²) in [5, 5.41) is 14.7. The predicted octanol–water partition coefficient (Wildman–Crippen LogP) is 1.48. The molecule has 1 heterocycles. The van der Waals surface area contributed by atoms with Gasteiger partial charge < -0.3 is 20.5 Å². The third-order valence-corrected chi connectivity index (χ3v) is 4.80. The molecule has 0 spiro atoms. The lowest BCUT2D eigenvalue weighted by Crippen LogP contribution is -2.51. The van der Waals surface area contributed by atoms with Gasteiger partial charge in [-0.25, -0.2) is 0 Å². The molecule has 1 aromatic carbocycles. The Hall–Kier alpha value is -2.25. The molecule has 2 rings (SSSR count). The van der Waals surface area contributed by atoms with Gasteiger partial charge in [0.1, 0.15) is 0 Å². The van der Waals surface area contributed by atoms with Crippen LogP contribution in [0.5, 0.6) is 0 Å². The van der Waals surface area contributed by atoms with E-state index in [2.05, 4.69) is 24.5 Å². The van der Waals surface area contributed by atoms with Crippen LogP contribution in [0.15, 0.2) is 24.3 Å². The van der Waals surface area contributed by atoms with Gasteiger partial charge in [0.2, 0.25) is 5.91 Å². The van der Waals surface area contributed by atoms with E-state index in [9.17, 15) is 19.5 Å². The van der Waals surface area contributed by atoms with Gasteiger partial charge in [0.25, 0.3) is 5.91 Å². The van der Waals surface area contributed by atoms with Gasteiger partial charge in [-0.3, -0.25) is 14.4 Å². The third kappa shape index (κ3) is 6.65. The average Bonchev–Trinajstić information content (AvgIpc) is 3.45. The molecule has 0 aliphatic carbocycles. The number of aliphatic hydroxyl groups is 1. The minimum atomic E-state index is -1.19. The first-order valence-corrected chi connectivity index (χ1v) is 10.1. The highest BCUT2D eigenvalue weighted by atomic mass is 16.6. The Morgan fingerprint density at radius 2 is 1.86 bits per heavy atom. The number of carbonyl (C=O) groups excluding carboxylic acids is 3. The van der Waals surface area contributed by atoms with Crippen LogP contribution in [-0.2, 0) is 20.7 Å². The highest BCUT2D eigenvalue weighted by molar-refractivity contribution is 5.99. The smallest absolute Gasteiger partial charge is 0.251 e. The van der Waals surface area contributed by atoms with Gasteiger partial charge in [-0.1, -0.05) is 39.8 Å². The van der Waals surface area contributed by atoms with E-state index in [4.69, 9.17) is 4.74 Å². The van der Waals surface area contributed by atoms with Crippen molar-refractivity contribution in [2.75, 3.05) is 19.8 Å². The van der Waals surface area contributed by atoms with Crippen LogP contribution in [0.4, 0.5) is 0 Å². The molecule has 0 radical (unpaired) electrons. The molecule has 1 fully saturated rings. The Bertz CT molecular complexity index is 740. The van der Waals surface area contributed by atoms with Crippen LogP contribution in [0.1, 0.15) is 50.0 Å². The zero-order valence-electron chi connectivity index (χ0n) is 17.7. The van der Waals surface area contributed by atoms with Crippen molar-refractivity contribution < 1.29 is 24.2 Å².